The molecule has 15 heavy (non-hydrogen) atoms. The monoisotopic (exact) mass is 206 g/mol. The Morgan fingerprint density at radius 2 is 2.33 bits per heavy atom. The molecule has 0 amide bonds. The highest BCUT2D eigenvalue weighted by Gasteiger charge is 2.15. The molecule has 0 atom stereocenters. The first-order valence-corrected chi connectivity index (χ1v) is 5.16. The lowest BCUT2D eigenvalue weighted by molar-refractivity contribution is 0.129. The molecular formula is C12H13FNO. The van der Waals surface area contributed by atoms with Crippen LogP contribution in [-0.4, -0.2) is 6.21 Å². The summed E-state index contributed by atoms with van der Waals surface area (Å²) in [5.41, 5.74) is 0.786. The second kappa shape index (κ2) is 4.91. The highest BCUT2D eigenvalue weighted by Crippen LogP contribution is 2.24. The molecule has 0 aliphatic heterocycles. The van der Waals surface area contributed by atoms with Gasteiger partial charge in [0.25, 0.3) is 0 Å². The highest BCUT2D eigenvalue weighted by molar-refractivity contribution is 5.60. The van der Waals surface area contributed by atoms with E-state index >= 15 is 0 Å². The van der Waals surface area contributed by atoms with Crippen LogP contribution in [0.25, 0.3) is 0 Å². The van der Waals surface area contributed by atoms with Gasteiger partial charge in [0, 0.05) is 5.92 Å². The summed E-state index contributed by atoms with van der Waals surface area (Å²) in [5.74, 6) is 0.223. The van der Waals surface area contributed by atoms with E-state index in [0.29, 0.717) is 12.5 Å². The van der Waals surface area contributed by atoms with Crippen LogP contribution in [0.4, 0.5) is 4.39 Å². The average Bonchev–Trinajstić information content (AvgIpc) is 2.15. The second-order valence-corrected chi connectivity index (χ2v) is 3.75. The van der Waals surface area contributed by atoms with E-state index in [0.717, 1.165) is 18.4 Å². The third-order valence-electron chi connectivity index (χ3n) is 2.53. The first-order valence-electron chi connectivity index (χ1n) is 5.16. The molecule has 0 saturated heterocycles. The molecule has 0 N–H and O–H groups in total. The van der Waals surface area contributed by atoms with Crippen molar-refractivity contribution in [2.24, 2.45) is 11.1 Å². The van der Waals surface area contributed by atoms with Gasteiger partial charge < -0.3 is 4.84 Å². The molecule has 2 rings (SSSR count). The summed E-state index contributed by atoms with van der Waals surface area (Å²) >= 11 is 0. The molecule has 3 heteroatoms. The third kappa shape index (κ3) is 3.05. The molecule has 0 bridgehead atoms. The van der Waals surface area contributed by atoms with Crippen molar-refractivity contribution >= 4 is 6.21 Å². The zero-order valence-electron chi connectivity index (χ0n) is 8.45. The van der Waals surface area contributed by atoms with Gasteiger partial charge in [-0.1, -0.05) is 23.7 Å². The molecule has 0 aromatic heterocycles. The molecule has 1 aromatic carbocycles. The maximum atomic E-state index is 12.8. The van der Waals surface area contributed by atoms with Crippen LogP contribution in [0.3, 0.4) is 0 Å². The van der Waals surface area contributed by atoms with Crippen LogP contribution < -0.4 is 0 Å². The summed E-state index contributed by atoms with van der Waals surface area (Å²) < 4.78 is 12.8. The Bertz CT molecular complexity index is 347. The third-order valence-corrected chi connectivity index (χ3v) is 2.53. The van der Waals surface area contributed by atoms with Gasteiger partial charge in [-0.25, -0.2) is 4.39 Å². The van der Waals surface area contributed by atoms with Gasteiger partial charge in [0.15, 0.2) is 0 Å². The van der Waals surface area contributed by atoms with Crippen molar-refractivity contribution in [3.05, 3.63) is 35.6 Å². The molecule has 1 fully saturated rings. The van der Waals surface area contributed by atoms with Gasteiger partial charge >= 0.3 is 0 Å². The van der Waals surface area contributed by atoms with Gasteiger partial charge in [0.1, 0.15) is 18.6 Å². The molecule has 1 aromatic rings. The molecule has 1 aliphatic carbocycles. The van der Waals surface area contributed by atoms with E-state index in [1.807, 2.05) is 6.07 Å². The Morgan fingerprint density at radius 1 is 1.47 bits per heavy atom. The lowest BCUT2D eigenvalue weighted by atomic mass is 9.87. The van der Waals surface area contributed by atoms with Crippen LogP contribution in [0, 0.1) is 11.7 Å². The van der Waals surface area contributed by atoms with Crippen LogP contribution in [-0.2, 0) is 11.4 Å². The fourth-order valence-electron chi connectivity index (χ4n) is 1.38. The molecular weight excluding hydrogens is 193 g/mol. The number of benzene rings is 1. The second-order valence-electron chi connectivity index (χ2n) is 3.75. The lowest BCUT2D eigenvalue weighted by Gasteiger charge is -2.18. The zero-order chi connectivity index (χ0) is 10.5. The summed E-state index contributed by atoms with van der Waals surface area (Å²) in [6, 6.07) is 6.32. The summed E-state index contributed by atoms with van der Waals surface area (Å²) in [4.78, 5) is 5.03. The Kier molecular flexibility index (Phi) is 3.33. The number of hydrogen-bond donors (Lipinski definition) is 0. The van der Waals surface area contributed by atoms with Gasteiger partial charge in [0.2, 0.25) is 0 Å². The lowest BCUT2D eigenvalue weighted by Crippen LogP contribution is -2.11. The first-order chi connectivity index (χ1) is 7.34. The molecule has 0 spiro atoms. The van der Waals surface area contributed by atoms with Gasteiger partial charge in [-0.3, -0.25) is 0 Å². The van der Waals surface area contributed by atoms with Crippen LogP contribution in [0.15, 0.2) is 29.4 Å². The predicted molar refractivity (Wildman–Crippen MR) is 56.0 cm³/mol. The van der Waals surface area contributed by atoms with E-state index in [-0.39, 0.29) is 5.82 Å². The maximum absolute atomic E-state index is 12.8. The fourth-order valence-corrected chi connectivity index (χ4v) is 1.38. The number of halogens is 1. The van der Waals surface area contributed by atoms with Crippen molar-refractivity contribution in [3.63, 3.8) is 0 Å². The van der Waals surface area contributed by atoms with Crippen LogP contribution in [0.2, 0.25) is 0 Å². The van der Waals surface area contributed by atoms with E-state index in [1.54, 1.807) is 6.07 Å². The normalized spacial score (nSPS) is 16.6. The van der Waals surface area contributed by atoms with Crippen LogP contribution in [0.1, 0.15) is 24.8 Å². The van der Waals surface area contributed by atoms with Gasteiger partial charge in [0.05, 0.1) is 0 Å². The molecule has 1 aliphatic rings. The molecule has 79 valence electrons. The molecule has 0 unspecified atom stereocenters. The van der Waals surface area contributed by atoms with E-state index in [2.05, 4.69) is 11.4 Å². The van der Waals surface area contributed by atoms with Gasteiger partial charge in [-0.15, -0.1) is 0 Å². The van der Waals surface area contributed by atoms with Crippen LogP contribution >= 0.6 is 0 Å². The number of nitrogens with zero attached hydrogens (tertiary/aromatic N) is 1. The van der Waals surface area contributed by atoms with Crippen LogP contribution in [0.5, 0.6) is 0 Å². The minimum atomic E-state index is -0.247. The summed E-state index contributed by atoms with van der Waals surface area (Å²) in [6.07, 6.45) is 6.49. The minimum Gasteiger partial charge on any atom is -0.391 e. The van der Waals surface area contributed by atoms with E-state index < -0.39 is 0 Å². The summed E-state index contributed by atoms with van der Waals surface area (Å²) in [6.45, 7) is 0.303. The quantitative estimate of drug-likeness (QED) is 0.548. The minimum absolute atomic E-state index is 0.247. The zero-order valence-corrected chi connectivity index (χ0v) is 8.45. The summed E-state index contributed by atoms with van der Waals surface area (Å²) in [7, 11) is 0. The fraction of sp³-hybridized carbons (Fsp3) is 0.417. The summed E-state index contributed by atoms with van der Waals surface area (Å²) in [5, 5.41) is 3.75. The van der Waals surface area contributed by atoms with Crippen molar-refractivity contribution in [3.8, 4) is 0 Å². The largest absolute Gasteiger partial charge is 0.391 e. The standard InChI is InChI=1S/C12H13FNO/c13-12-6-2-5-11(7-12)9-15-14-8-10-3-1-4-10/h2,5-7,10H,1,3-4,9H2. The number of rotatable bonds is 4. The van der Waals surface area contributed by atoms with Gasteiger partial charge in [-0.2, -0.15) is 0 Å². The van der Waals surface area contributed by atoms with Crippen molar-refractivity contribution in [2.45, 2.75) is 25.9 Å². The maximum Gasteiger partial charge on any atom is 0.142 e. The average molecular weight is 206 g/mol. The van der Waals surface area contributed by atoms with Crippen molar-refractivity contribution in [1.82, 2.24) is 0 Å². The van der Waals surface area contributed by atoms with Crippen molar-refractivity contribution < 1.29 is 9.23 Å². The highest BCUT2D eigenvalue weighted by atomic mass is 19.1. The van der Waals surface area contributed by atoms with Gasteiger partial charge in [-0.05, 0) is 30.5 Å². The van der Waals surface area contributed by atoms with E-state index in [4.69, 9.17) is 4.84 Å². The molecule has 1 saturated carbocycles. The molecule has 2 nitrogen and oxygen atoms in total. The van der Waals surface area contributed by atoms with Crippen molar-refractivity contribution in [2.75, 3.05) is 0 Å². The number of hydrogen-bond acceptors (Lipinski definition) is 2. The Balaban J connectivity index is 1.75. The smallest absolute Gasteiger partial charge is 0.142 e. The SMILES string of the molecule is Fc1cccc(CO/N=[C]\C2CCC2)c1. The van der Waals surface area contributed by atoms with E-state index in [1.165, 1.54) is 18.6 Å². The Morgan fingerprint density at radius 3 is 3.00 bits per heavy atom. The molecule has 1 radical (unpaired) electrons. The topological polar surface area (TPSA) is 21.6 Å². The Labute approximate surface area is 88.7 Å². The first kappa shape index (κ1) is 10.1. The van der Waals surface area contributed by atoms with E-state index in [9.17, 15) is 4.39 Å². The Hall–Kier alpha value is -1.38. The van der Waals surface area contributed by atoms with Crippen molar-refractivity contribution in [1.29, 1.82) is 0 Å². The molecule has 0 heterocycles. The predicted octanol–water partition coefficient (Wildman–Crippen LogP) is 3.01.